The lowest BCUT2D eigenvalue weighted by molar-refractivity contribution is 0.0955. The van der Waals surface area contributed by atoms with Crippen LogP contribution in [0.2, 0.25) is 0 Å². The summed E-state index contributed by atoms with van der Waals surface area (Å²) in [6, 6.07) is 16.0. The molecule has 6 nitrogen and oxygen atoms in total. The molecule has 0 aliphatic carbocycles. The smallest absolute Gasteiger partial charge is 0.252 e. The minimum atomic E-state index is -0.0871. The van der Waals surface area contributed by atoms with Crippen molar-refractivity contribution in [1.29, 1.82) is 0 Å². The highest BCUT2D eigenvalue weighted by Crippen LogP contribution is 2.20. The molecule has 0 fully saturated rings. The Morgan fingerprint density at radius 2 is 2.00 bits per heavy atom. The lowest BCUT2D eigenvalue weighted by atomic mass is 10.1. The number of pyridine rings is 1. The predicted molar refractivity (Wildman–Crippen MR) is 118 cm³/mol. The molecule has 1 amide bonds. The van der Waals surface area contributed by atoms with Crippen LogP contribution < -0.4 is 10.6 Å². The van der Waals surface area contributed by atoms with Crippen LogP contribution in [0.4, 0.5) is 5.69 Å². The summed E-state index contributed by atoms with van der Waals surface area (Å²) in [4.78, 5) is 18.6. The van der Waals surface area contributed by atoms with Crippen LogP contribution in [0.5, 0.6) is 0 Å². The standard InChI is InChI=1S/C22H23N5OS/c1-16-13-19(22(28)24-11-6-10-23-17-7-3-2-4-8-17)20-14-25-27(21(20)26-16)15-18-9-5-12-29-18/h2-5,7-9,12-14,23H,6,10-11,15H2,1H3,(H,24,28). The number of anilines is 1. The third-order valence-electron chi connectivity index (χ3n) is 4.61. The van der Waals surface area contributed by atoms with Crippen molar-refractivity contribution < 1.29 is 4.79 Å². The fourth-order valence-electron chi connectivity index (χ4n) is 3.20. The number of amides is 1. The van der Waals surface area contributed by atoms with E-state index in [4.69, 9.17) is 0 Å². The van der Waals surface area contributed by atoms with E-state index in [-0.39, 0.29) is 5.91 Å². The van der Waals surface area contributed by atoms with Crippen molar-refractivity contribution in [2.45, 2.75) is 19.9 Å². The zero-order chi connectivity index (χ0) is 20.1. The Kier molecular flexibility index (Phi) is 5.86. The molecule has 0 atom stereocenters. The molecule has 4 aromatic rings. The van der Waals surface area contributed by atoms with Gasteiger partial charge in [0.2, 0.25) is 0 Å². The number of nitrogens with one attached hydrogen (secondary N) is 2. The minimum absolute atomic E-state index is 0.0871. The van der Waals surface area contributed by atoms with E-state index in [1.807, 2.05) is 59.5 Å². The molecule has 0 spiro atoms. The Bertz CT molecular complexity index is 1090. The second-order valence-corrected chi connectivity index (χ2v) is 7.86. The molecule has 0 saturated heterocycles. The van der Waals surface area contributed by atoms with Crippen LogP contribution >= 0.6 is 11.3 Å². The quantitative estimate of drug-likeness (QED) is 0.433. The van der Waals surface area contributed by atoms with E-state index in [0.29, 0.717) is 18.7 Å². The maximum atomic E-state index is 12.8. The summed E-state index contributed by atoms with van der Waals surface area (Å²) in [7, 11) is 0. The van der Waals surface area contributed by atoms with Gasteiger partial charge in [-0.15, -0.1) is 11.3 Å². The number of carbonyl (C=O) groups is 1. The Morgan fingerprint density at radius 1 is 1.14 bits per heavy atom. The van der Waals surface area contributed by atoms with Gasteiger partial charge in [0.25, 0.3) is 5.91 Å². The van der Waals surface area contributed by atoms with Crippen LogP contribution in [0.15, 0.2) is 60.1 Å². The molecule has 0 aliphatic rings. The maximum absolute atomic E-state index is 12.8. The summed E-state index contributed by atoms with van der Waals surface area (Å²) in [6.07, 6.45) is 2.58. The lowest BCUT2D eigenvalue weighted by Gasteiger charge is -2.09. The van der Waals surface area contributed by atoms with Crippen molar-refractivity contribution >= 4 is 34.0 Å². The fraction of sp³-hybridized carbons (Fsp3) is 0.227. The number of aryl methyl sites for hydroxylation is 1. The van der Waals surface area contributed by atoms with E-state index in [0.717, 1.165) is 35.4 Å². The van der Waals surface area contributed by atoms with E-state index < -0.39 is 0 Å². The molecule has 4 rings (SSSR count). The Morgan fingerprint density at radius 3 is 2.79 bits per heavy atom. The van der Waals surface area contributed by atoms with Crippen molar-refractivity contribution in [2.24, 2.45) is 0 Å². The molecule has 0 bridgehead atoms. The number of benzene rings is 1. The van der Waals surface area contributed by atoms with Crippen LogP contribution in [0, 0.1) is 6.92 Å². The normalized spacial score (nSPS) is 10.9. The minimum Gasteiger partial charge on any atom is -0.385 e. The molecule has 29 heavy (non-hydrogen) atoms. The van der Waals surface area contributed by atoms with E-state index >= 15 is 0 Å². The van der Waals surface area contributed by atoms with Gasteiger partial charge in [-0.2, -0.15) is 5.10 Å². The number of hydrogen-bond donors (Lipinski definition) is 2. The highest BCUT2D eigenvalue weighted by atomic mass is 32.1. The van der Waals surface area contributed by atoms with E-state index in [9.17, 15) is 4.79 Å². The number of nitrogens with zero attached hydrogens (tertiary/aromatic N) is 3. The summed E-state index contributed by atoms with van der Waals surface area (Å²) < 4.78 is 1.86. The fourth-order valence-corrected chi connectivity index (χ4v) is 3.89. The summed E-state index contributed by atoms with van der Waals surface area (Å²) in [5, 5.41) is 13.7. The molecule has 0 aliphatic heterocycles. The Balaban J connectivity index is 1.40. The van der Waals surface area contributed by atoms with E-state index in [2.05, 4.69) is 26.8 Å². The maximum Gasteiger partial charge on any atom is 0.252 e. The number of thiophene rings is 1. The van der Waals surface area contributed by atoms with Crippen molar-refractivity contribution in [1.82, 2.24) is 20.1 Å². The molecular weight excluding hydrogens is 382 g/mol. The predicted octanol–water partition coefficient (Wildman–Crippen LogP) is 4.08. The zero-order valence-electron chi connectivity index (χ0n) is 16.3. The zero-order valence-corrected chi connectivity index (χ0v) is 17.1. The van der Waals surface area contributed by atoms with Crippen LogP contribution in [0.1, 0.15) is 27.3 Å². The van der Waals surface area contributed by atoms with Crippen molar-refractivity contribution in [3.8, 4) is 0 Å². The van der Waals surface area contributed by atoms with Gasteiger partial charge in [0, 0.05) is 29.3 Å². The number of carbonyl (C=O) groups excluding carboxylic acids is 1. The highest BCUT2D eigenvalue weighted by molar-refractivity contribution is 7.09. The van der Waals surface area contributed by atoms with E-state index in [1.165, 1.54) is 4.88 Å². The number of para-hydroxylation sites is 1. The van der Waals surface area contributed by atoms with Gasteiger partial charge >= 0.3 is 0 Å². The van der Waals surface area contributed by atoms with Crippen LogP contribution in [0.25, 0.3) is 11.0 Å². The highest BCUT2D eigenvalue weighted by Gasteiger charge is 2.15. The SMILES string of the molecule is Cc1cc(C(=O)NCCCNc2ccccc2)c2cnn(Cc3cccs3)c2n1. The van der Waals surface area contributed by atoms with Crippen LogP contribution in [-0.4, -0.2) is 33.8 Å². The molecule has 0 unspecified atom stereocenters. The van der Waals surface area contributed by atoms with Crippen LogP contribution in [0.3, 0.4) is 0 Å². The molecule has 148 valence electrons. The molecule has 0 saturated carbocycles. The summed E-state index contributed by atoms with van der Waals surface area (Å²) in [5.41, 5.74) is 3.26. The van der Waals surface area contributed by atoms with Gasteiger partial charge in [-0.05, 0) is 43.0 Å². The molecule has 1 aromatic carbocycles. The Hall–Kier alpha value is -3.19. The van der Waals surface area contributed by atoms with Gasteiger partial charge in [-0.1, -0.05) is 24.3 Å². The summed E-state index contributed by atoms with van der Waals surface area (Å²) >= 11 is 1.68. The van der Waals surface area contributed by atoms with Gasteiger partial charge < -0.3 is 10.6 Å². The van der Waals surface area contributed by atoms with Gasteiger partial charge in [0.05, 0.1) is 23.7 Å². The van der Waals surface area contributed by atoms with Crippen LogP contribution in [-0.2, 0) is 6.54 Å². The number of hydrogen-bond acceptors (Lipinski definition) is 5. The summed E-state index contributed by atoms with van der Waals surface area (Å²) in [5.74, 6) is -0.0871. The van der Waals surface area contributed by atoms with Gasteiger partial charge in [-0.25, -0.2) is 9.67 Å². The van der Waals surface area contributed by atoms with Crippen molar-refractivity contribution in [3.63, 3.8) is 0 Å². The first-order valence-electron chi connectivity index (χ1n) is 9.63. The third kappa shape index (κ3) is 4.63. The summed E-state index contributed by atoms with van der Waals surface area (Å²) in [6.45, 7) is 3.96. The van der Waals surface area contributed by atoms with Gasteiger partial charge in [-0.3, -0.25) is 4.79 Å². The van der Waals surface area contributed by atoms with Gasteiger partial charge in [0.1, 0.15) is 0 Å². The number of rotatable bonds is 8. The van der Waals surface area contributed by atoms with Gasteiger partial charge in [0.15, 0.2) is 5.65 Å². The van der Waals surface area contributed by atoms with Crippen molar-refractivity contribution in [2.75, 3.05) is 18.4 Å². The monoisotopic (exact) mass is 405 g/mol. The molecule has 7 heteroatoms. The first-order chi connectivity index (χ1) is 14.2. The third-order valence-corrected chi connectivity index (χ3v) is 5.47. The molecule has 2 N–H and O–H groups in total. The first kappa shape index (κ1) is 19.1. The molecule has 0 radical (unpaired) electrons. The first-order valence-corrected chi connectivity index (χ1v) is 10.5. The average molecular weight is 406 g/mol. The Labute approximate surface area is 173 Å². The van der Waals surface area contributed by atoms with E-state index in [1.54, 1.807) is 17.5 Å². The molecule has 3 heterocycles. The second kappa shape index (κ2) is 8.87. The number of fused-ring (bicyclic) bond motifs is 1. The number of aromatic nitrogens is 3. The van der Waals surface area contributed by atoms with Crippen molar-refractivity contribution in [3.05, 3.63) is 76.2 Å². The molecular formula is C22H23N5OS. The second-order valence-electron chi connectivity index (χ2n) is 6.83. The molecule has 3 aromatic heterocycles. The topological polar surface area (TPSA) is 71.8 Å². The largest absolute Gasteiger partial charge is 0.385 e. The lowest BCUT2D eigenvalue weighted by Crippen LogP contribution is -2.26. The average Bonchev–Trinajstić information content (AvgIpc) is 3.38.